The van der Waals surface area contributed by atoms with Crippen LogP contribution in [0.1, 0.15) is 18.9 Å². The fraction of sp³-hybridized carbons (Fsp3) is 0.429. The van der Waals surface area contributed by atoms with Crippen molar-refractivity contribution in [3.05, 3.63) is 34.9 Å². The van der Waals surface area contributed by atoms with Crippen LogP contribution in [0.4, 0.5) is 0 Å². The molecule has 3 N–H and O–H groups in total. The number of carboxylic acids is 1. The molecule has 0 amide bonds. The van der Waals surface area contributed by atoms with Gasteiger partial charge in [0.15, 0.2) is 5.41 Å². The first-order chi connectivity index (χ1) is 9.90. The predicted molar refractivity (Wildman–Crippen MR) is 75.1 cm³/mol. The summed E-state index contributed by atoms with van der Waals surface area (Å²) in [6, 6.07) is 5.95. The molecule has 0 aromatic heterocycles. The number of aliphatic hydroxyl groups excluding tert-OH is 2. The molecule has 7 heteroatoms. The molecule has 116 valence electrons. The van der Waals surface area contributed by atoms with Gasteiger partial charge < -0.3 is 20.1 Å². The normalized spacial score (nSPS) is 15.0. The molecule has 2 unspecified atom stereocenters. The number of halogens is 1. The van der Waals surface area contributed by atoms with Gasteiger partial charge in [0, 0.05) is 11.4 Å². The number of carbonyl (C=O) groups is 2. The number of hydrogen-bond acceptors (Lipinski definition) is 5. The smallest absolute Gasteiger partial charge is 0.328 e. The Morgan fingerprint density at radius 2 is 2.00 bits per heavy atom. The lowest BCUT2D eigenvalue weighted by Gasteiger charge is -2.29. The maximum absolute atomic E-state index is 12.3. The molecule has 21 heavy (non-hydrogen) atoms. The SMILES string of the molecule is CCOC(=O)C(CC(O)CO)(C(=O)O)c1ccccc1Cl. The monoisotopic (exact) mass is 316 g/mol. The van der Waals surface area contributed by atoms with Crippen LogP contribution >= 0.6 is 11.6 Å². The summed E-state index contributed by atoms with van der Waals surface area (Å²) in [6.07, 6.45) is -1.94. The number of aliphatic carboxylic acids is 1. The molecule has 0 saturated carbocycles. The molecule has 0 radical (unpaired) electrons. The van der Waals surface area contributed by atoms with E-state index in [1.807, 2.05) is 0 Å². The highest BCUT2D eigenvalue weighted by atomic mass is 35.5. The van der Waals surface area contributed by atoms with Gasteiger partial charge in [0.1, 0.15) is 0 Å². The van der Waals surface area contributed by atoms with E-state index in [0.29, 0.717) is 0 Å². The fourth-order valence-corrected chi connectivity index (χ4v) is 2.37. The molecule has 0 aliphatic rings. The van der Waals surface area contributed by atoms with E-state index in [1.54, 1.807) is 13.0 Å². The largest absolute Gasteiger partial charge is 0.480 e. The van der Waals surface area contributed by atoms with Crippen LogP contribution in [0.2, 0.25) is 5.02 Å². The minimum Gasteiger partial charge on any atom is -0.480 e. The molecule has 0 spiro atoms. The second-order valence-corrected chi connectivity index (χ2v) is 4.86. The quantitative estimate of drug-likeness (QED) is 0.511. The number of aliphatic hydroxyl groups is 2. The highest BCUT2D eigenvalue weighted by Crippen LogP contribution is 2.36. The zero-order valence-corrected chi connectivity index (χ0v) is 12.2. The number of ether oxygens (including phenoxy) is 1. The Hall–Kier alpha value is -1.63. The summed E-state index contributed by atoms with van der Waals surface area (Å²) < 4.78 is 4.85. The number of carbonyl (C=O) groups excluding carboxylic acids is 1. The third-order valence-electron chi connectivity index (χ3n) is 3.08. The minimum absolute atomic E-state index is 0.0186. The van der Waals surface area contributed by atoms with Crippen molar-refractivity contribution in [2.75, 3.05) is 13.2 Å². The highest BCUT2D eigenvalue weighted by Gasteiger charge is 2.51. The second-order valence-electron chi connectivity index (χ2n) is 4.45. The van der Waals surface area contributed by atoms with Crippen LogP contribution in [0.25, 0.3) is 0 Å². The first-order valence-corrected chi connectivity index (χ1v) is 6.72. The van der Waals surface area contributed by atoms with E-state index >= 15 is 0 Å². The molecule has 0 fully saturated rings. The van der Waals surface area contributed by atoms with E-state index in [1.165, 1.54) is 18.2 Å². The van der Waals surface area contributed by atoms with Gasteiger partial charge in [-0.25, -0.2) is 0 Å². The van der Waals surface area contributed by atoms with Gasteiger partial charge >= 0.3 is 11.9 Å². The second kappa shape index (κ2) is 7.40. The van der Waals surface area contributed by atoms with Crippen LogP contribution in [0.3, 0.4) is 0 Å². The number of carboxylic acid groups (broad SMARTS) is 1. The summed E-state index contributed by atoms with van der Waals surface area (Å²) >= 11 is 6.01. The molecule has 0 heterocycles. The maximum Gasteiger partial charge on any atom is 0.328 e. The van der Waals surface area contributed by atoms with Crippen LogP contribution in [0, 0.1) is 0 Å². The van der Waals surface area contributed by atoms with Crippen LogP contribution < -0.4 is 0 Å². The van der Waals surface area contributed by atoms with Crippen molar-refractivity contribution in [1.82, 2.24) is 0 Å². The summed E-state index contributed by atoms with van der Waals surface area (Å²) in [5.74, 6) is -2.53. The zero-order chi connectivity index (χ0) is 16.0. The van der Waals surface area contributed by atoms with E-state index in [9.17, 15) is 19.8 Å². The standard InChI is InChI=1S/C14H17ClO6/c1-2-21-13(20)14(12(18)19,7-9(17)8-16)10-5-3-4-6-11(10)15/h3-6,9,16-17H,2,7-8H2,1H3,(H,18,19). The summed E-state index contributed by atoms with van der Waals surface area (Å²) in [6.45, 7) is 0.839. The van der Waals surface area contributed by atoms with Crippen LogP contribution in [0.15, 0.2) is 24.3 Å². The minimum atomic E-state index is -2.17. The summed E-state index contributed by atoms with van der Waals surface area (Å²) in [5, 5.41) is 28.3. The molecule has 0 saturated heterocycles. The van der Waals surface area contributed by atoms with E-state index in [-0.39, 0.29) is 17.2 Å². The van der Waals surface area contributed by atoms with Gasteiger partial charge in [0.2, 0.25) is 0 Å². The van der Waals surface area contributed by atoms with Crippen LogP contribution in [0.5, 0.6) is 0 Å². The number of hydrogen-bond donors (Lipinski definition) is 3. The topological polar surface area (TPSA) is 104 Å². The Morgan fingerprint density at radius 1 is 1.38 bits per heavy atom. The Morgan fingerprint density at radius 3 is 2.48 bits per heavy atom. The molecular formula is C14H17ClO6. The van der Waals surface area contributed by atoms with Gasteiger partial charge in [-0.3, -0.25) is 9.59 Å². The Bertz CT molecular complexity index is 518. The summed E-state index contributed by atoms with van der Waals surface area (Å²) in [7, 11) is 0. The average Bonchev–Trinajstić information content (AvgIpc) is 2.45. The van der Waals surface area contributed by atoms with Gasteiger partial charge in [-0.05, 0) is 18.6 Å². The lowest BCUT2D eigenvalue weighted by Crippen LogP contribution is -2.48. The van der Waals surface area contributed by atoms with Gasteiger partial charge in [-0.1, -0.05) is 29.8 Å². The Kier molecular flexibility index (Phi) is 6.14. The lowest BCUT2D eigenvalue weighted by atomic mass is 9.75. The van der Waals surface area contributed by atoms with E-state index in [0.717, 1.165) is 0 Å². The summed E-state index contributed by atoms with van der Waals surface area (Å²) in [4.78, 5) is 24.0. The van der Waals surface area contributed by atoms with Gasteiger partial charge in [0.25, 0.3) is 0 Å². The predicted octanol–water partition coefficient (Wildman–Crippen LogP) is 0.969. The van der Waals surface area contributed by atoms with Crippen molar-refractivity contribution in [2.45, 2.75) is 24.9 Å². The third kappa shape index (κ3) is 3.53. The van der Waals surface area contributed by atoms with Crippen LogP contribution in [-0.4, -0.2) is 46.6 Å². The lowest BCUT2D eigenvalue weighted by molar-refractivity contribution is -0.163. The molecule has 0 aliphatic heterocycles. The van der Waals surface area contributed by atoms with E-state index in [2.05, 4.69) is 0 Å². The number of benzene rings is 1. The van der Waals surface area contributed by atoms with Gasteiger partial charge in [-0.15, -0.1) is 0 Å². The molecule has 1 aromatic rings. The zero-order valence-electron chi connectivity index (χ0n) is 11.5. The molecule has 1 aromatic carbocycles. The first kappa shape index (κ1) is 17.4. The number of esters is 1. The van der Waals surface area contributed by atoms with Crippen LogP contribution in [-0.2, 0) is 19.7 Å². The molecule has 1 rings (SSSR count). The third-order valence-corrected chi connectivity index (χ3v) is 3.40. The van der Waals surface area contributed by atoms with Crippen molar-refractivity contribution < 1.29 is 29.6 Å². The first-order valence-electron chi connectivity index (χ1n) is 6.34. The summed E-state index contributed by atoms with van der Waals surface area (Å²) in [5.41, 5.74) is -2.15. The molecular weight excluding hydrogens is 300 g/mol. The van der Waals surface area contributed by atoms with Crippen molar-refractivity contribution in [2.24, 2.45) is 0 Å². The van der Waals surface area contributed by atoms with Crippen molar-refractivity contribution in [1.29, 1.82) is 0 Å². The average molecular weight is 317 g/mol. The number of rotatable bonds is 7. The van der Waals surface area contributed by atoms with E-state index < -0.39 is 36.5 Å². The van der Waals surface area contributed by atoms with Crippen molar-refractivity contribution in [3.8, 4) is 0 Å². The molecule has 0 aliphatic carbocycles. The fourth-order valence-electron chi connectivity index (χ4n) is 2.07. The molecule has 6 nitrogen and oxygen atoms in total. The van der Waals surface area contributed by atoms with Gasteiger partial charge in [0.05, 0.1) is 19.3 Å². The van der Waals surface area contributed by atoms with Crippen molar-refractivity contribution >= 4 is 23.5 Å². The van der Waals surface area contributed by atoms with Gasteiger partial charge in [-0.2, -0.15) is 0 Å². The molecule has 2 atom stereocenters. The molecule has 0 bridgehead atoms. The Balaban J connectivity index is 3.48. The van der Waals surface area contributed by atoms with Crippen molar-refractivity contribution in [3.63, 3.8) is 0 Å². The van der Waals surface area contributed by atoms with E-state index in [4.69, 9.17) is 21.4 Å². The Labute approximate surface area is 126 Å². The highest BCUT2D eigenvalue weighted by molar-refractivity contribution is 6.32. The maximum atomic E-state index is 12.3.